The van der Waals surface area contributed by atoms with Crippen LogP contribution in [0, 0.1) is 0 Å². The first kappa shape index (κ1) is 12.5. The highest BCUT2D eigenvalue weighted by molar-refractivity contribution is 5.68. The van der Waals surface area contributed by atoms with Gasteiger partial charge < -0.3 is 4.90 Å². The van der Waals surface area contributed by atoms with Crippen LogP contribution >= 0.6 is 0 Å². The fraction of sp³-hybridized carbons (Fsp3) is 0.118. The smallest absolute Gasteiger partial charge is 0.0568 e. The molecular formula is C17H17N3. The number of benzene rings is 2. The summed E-state index contributed by atoms with van der Waals surface area (Å²) >= 11 is 0. The van der Waals surface area contributed by atoms with Crippen molar-refractivity contribution in [3.63, 3.8) is 0 Å². The molecule has 0 aliphatic carbocycles. The van der Waals surface area contributed by atoms with Gasteiger partial charge in [-0.05, 0) is 29.8 Å². The van der Waals surface area contributed by atoms with E-state index in [0.717, 1.165) is 5.56 Å². The molecule has 0 saturated heterocycles. The van der Waals surface area contributed by atoms with Crippen molar-refractivity contribution in [2.24, 2.45) is 7.05 Å². The summed E-state index contributed by atoms with van der Waals surface area (Å²) in [6.07, 6.45) is 3.91. The zero-order valence-electron chi connectivity index (χ0n) is 11.7. The summed E-state index contributed by atoms with van der Waals surface area (Å²) in [5.74, 6) is 0. The number of hydrogen-bond donors (Lipinski definition) is 0. The van der Waals surface area contributed by atoms with Crippen molar-refractivity contribution >= 4 is 11.4 Å². The third kappa shape index (κ3) is 2.43. The van der Waals surface area contributed by atoms with Gasteiger partial charge in [0.1, 0.15) is 0 Å². The summed E-state index contributed by atoms with van der Waals surface area (Å²) in [7, 11) is 4.01. The standard InChI is InChI=1S/C17H17N3/c1-19-13-15(12-18-19)14-8-10-17(11-9-14)20(2)16-6-4-3-5-7-16/h3-13H,1-2H3. The molecule has 100 valence electrons. The Morgan fingerprint density at radius 2 is 1.50 bits per heavy atom. The van der Waals surface area contributed by atoms with Crippen molar-refractivity contribution in [3.05, 3.63) is 67.0 Å². The Morgan fingerprint density at radius 3 is 2.10 bits per heavy atom. The molecule has 0 amide bonds. The van der Waals surface area contributed by atoms with Gasteiger partial charge in [0, 0.05) is 37.2 Å². The van der Waals surface area contributed by atoms with Crippen molar-refractivity contribution in [2.75, 3.05) is 11.9 Å². The molecule has 1 aromatic heterocycles. The highest BCUT2D eigenvalue weighted by Gasteiger charge is 2.04. The Balaban J connectivity index is 1.86. The van der Waals surface area contributed by atoms with Gasteiger partial charge in [-0.2, -0.15) is 5.10 Å². The normalized spacial score (nSPS) is 10.5. The molecule has 0 radical (unpaired) electrons. The van der Waals surface area contributed by atoms with Gasteiger partial charge in [-0.25, -0.2) is 0 Å². The van der Waals surface area contributed by atoms with Gasteiger partial charge in [0.05, 0.1) is 6.20 Å². The summed E-state index contributed by atoms with van der Waals surface area (Å²) in [5, 5.41) is 4.20. The Kier molecular flexibility index (Phi) is 3.25. The third-order valence-electron chi connectivity index (χ3n) is 3.44. The molecule has 1 heterocycles. The predicted octanol–water partition coefficient (Wildman–Crippen LogP) is 3.86. The summed E-state index contributed by atoms with van der Waals surface area (Å²) in [6, 6.07) is 18.9. The maximum atomic E-state index is 4.20. The van der Waals surface area contributed by atoms with E-state index >= 15 is 0 Å². The molecule has 3 heteroatoms. The first-order chi connectivity index (χ1) is 9.74. The van der Waals surface area contributed by atoms with E-state index in [-0.39, 0.29) is 0 Å². The van der Waals surface area contributed by atoms with Crippen molar-refractivity contribution < 1.29 is 0 Å². The second-order valence-electron chi connectivity index (χ2n) is 4.84. The van der Waals surface area contributed by atoms with E-state index in [4.69, 9.17) is 0 Å². The van der Waals surface area contributed by atoms with Gasteiger partial charge in [0.2, 0.25) is 0 Å². The summed E-state index contributed by atoms with van der Waals surface area (Å²) in [6.45, 7) is 0. The molecule has 0 aliphatic rings. The van der Waals surface area contributed by atoms with Gasteiger partial charge in [0.15, 0.2) is 0 Å². The van der Waals surface area contributed by atoms with E-state index in [1.54, 1.807) is 0 Å². The average molecular weight is 263 g/mol. The predicted molar refractivity (Wildman–Crippen MR) is 83.1 cm³/mol. The summed E-state index contributed by atoms with van der Waals surface area (Å²) in [5.41, 5.74) is 4.68. The van der Waals surface area contributed by atoms with Crippen LogP contribution in [0.5, 0.6) is 0 Å². The Bertz CT molecular complexity index is 684. The van der Waals surface area contributed by atoms with Crippen LogP contribution in [-0.2, 0) is 7.05 Å². The zero-order chi connectivity index (χ0) is 13.9. The Hall–Kier alpha value is -2.55. The molecule has 0 atom stereocenters. The average Bonchev–Trinajstić information content (AvgIpc) is 2.94. The van der Waals surface area contributed by atoms with E-state index in [1.807, 2.05) is 30.2 Å². The van der Waals surface area contributed by atoms with Crippen LogP contribution in [0.4, 0.5) is 11.4 Å². The third-order valence-corrected chi connectivity index (χ3v) is 3.44. The number of hydrogen-bond acceptors (Lipinski definition) is 2. The minimum atomic E-state index is 1.14. The number of aryl methyl sites for hydroxylation is 1. The molecule has 0 aliphatic heterocycles. The molecule has 3 rings (SSSR count). The van der Waals surface area contributed by atoms with Crippen LogP contribution in [-0.4, -0.2) is 16.8 Å². The highest BCUT2D eigenvalue weighted by atomic mass is 15.2. The minimum absolute atomic E-state index is 1.14. The molecule has 0 fully saturated rings. The van der Waals surface area contributed by atoms with E-state index in [9.17, 15) is 0 Å². The van der Waals surface area contributed by atoms with E-state index in [0.29, 0.717) is 0 Å². The number of anilines is 2. The maximum Gasteiger partial charge on any atom is 0.0568 e. The van der Waals surface area contributed by atoms with E-state index < -0.39 is 0 Å². The Labute approximate surface area is 119 Å². The van der Waals surface area contributed by atoms with Crippen LogP contribution in [0.15, 0.2) is 67.0 Å². The monoisotopic (exact) mass is 263 g/mol. The molecule has 3 aromatic rings. The first-order valence-corrected chi connectivity index (χ1v) is 6.62. The van der Waals surface area contributed by atoms with Crippen LogP contribution in [0.1, 0.15) is 0 Å². The SMILES string of the molecule is CN(c1ccccc1)c1ccc(-c2cnn(C)c2)cc1. The summed E-state index contributed by atoms with van der Waals surface area (Å²) in [4.78, 5) is 2.17. The lowest BCUT2D eigenvalue weighted by atomic mass is 10.1. The van der Waals surface area contributed by atoms with Crippen molar-refractivity contribution in [3.8, 4) is 11.1 Å². The number of aromatic nitrogens is 2. The largest absolute Gasteiger partial charge is 0.345 e. The molecule has 2 aromatic carbocycles. The van der Waals surface area contributed by atoms with Gasteiger partial charge in [-0.15, -0.1) is 0 Å². The number of para-hydroxylation sites is 1. The molecule has 0 bridgehead atoms. The second-order valence-corrected chi connectivity index (χ2v) is 4.84. The first-order valence-electron chi connectivity index (χ1n) is 6.62. The zero-order valence-corrected chi connectivity index (χ0v) is 11.7. The quantitative estimate of drug-likeness (QED) is 0.715. The van der Waals surface area contributed by atoms with Crippen LogP contribution in [0.2, 0.25) is 0 Å². The second kappa shape index (κ2) is 5.21. The number of nitrogens with zero attached hydrogens (tertiary/aromatic N) is 3. The fourth-order valence-corrected chi connectivity index (χ4v) is 2.25. The van der Waals surface area contributed by atoms with Gasteiger partial charge >= 0.3 is 0 Å². The van der Waals surface area contributed by atoms with Gasteiger partial charge in [-0.3, -0.25) is 4.68 Å². The van der Waals surface area contributed by atoms with E-state index in [1.165, 1.54) is 16.9 Å². The summed E-state index contributed by atoms with van der Waals surface area (Å²) < 4.78 is 1.82. The molecular weight excluding hydrogens is 246 g/mol. The van der Waals surface area contributed by atoms with Crippen molar-refractivity contribution in [1.29, 1.82) is 0 Å². The molecule has 3 nitrogen and oxygen atoms in total. The lowest BCUT2D eigenvalue weighted by Crippen LogP contribution is -2.08. The lowest BCUT2D eigenvalue weighted by Gasteiger charge is -2.19. The van der Waals surface area contributed by atoms with Crippen LogP contribution < -0.4 is 4.90 Å². The van der Waals surface area contributed by atoms with E-state index in [2.05, 4.69) is 65.6 Å². The number of rotatable bonds is 3. The molecule has 0 unspecified atom stereocenters. The minimum Gasteiger partial charge on any atom is -0.345 e. The maximum absolute atomic E-state index is 4.20. The molecule has 0 N–H and O–H groups in total. The fourth-order valence-electron chi connectivity index (χ4n) is 2.25. The topological polar surface area (TPSA) is 21.1 Å². The highest BCUT2D eigenvalue weighted by Crippen LogP contribution is 2.26. The van der Waals surface area contributed by atoms with Crippen LogP contribution in [0.3, 0.4) is 0 Å². The Morgan fingerprint density at radius 1 is 0.850 bits per heavy atom. The van der Waals surface area contributed by atoms with Gasteiger partial charge in [0.25, 0.3) is 0 Å². The van der Waals surface area contributed by atoms with Crippen molar-refractivity contribution in [2.45, 2.75) is 0 Å². The van der Waals surface area contributed by atoms with Crippen LogP contribution in [0.25, 0.3) is 11.1 Å². The van der Waals surface area contributed by atoms with Gasteiger partial charge in [-0.1, -0.05) is 30.3 Å². The molecule has 20 heavy (non-hydrogen) atoms. The molecule has 0 saturated carbocycles. The molecule has 0 spiro atoms. The van der Waals surface area contributed by atoms with Crippen molar-refractivity contribution in [1.82, 2.24) is 9.78 Å². The lowest BCUT2D eigenvalue weighted by molar-refractivity contribution is 0.768.